The van der Waals surface area contributed by atoms with E-state index in [2.05, 4.69) is 5.32 Å². The summed E-state index contributed by atoms with van der Waals surface area (Å²) < 4.78 is 47.7. The van der Waals surface area contributed by atoms with E-state index >= 15 is 0 Å². The zero-order valence-corrected chi connectivity index (χ0v) is 24.8. The molecule has 39 heavy (non-hydrogen) atoms. The molecule has 3 fully saturated rings. The van der Waals surface area contributed by atoms with Crippen LogP contribution in [0.15, 0.2) is 52.1 Å². The van der Waals surface area contributed by atoms with Crippen LogP contribution in [0.4, 0.5) is 4.39 Å². The molecule has 2 bridgehead atoms. The standard InChI is InChI=1S/C29H42ClFN4O3S/c1-19(31)27(11-10-26-17-33-25-5-4-16-39(36,37)35(26)18-25)20(2)34-21(3)29(32)28(23-12-14-38-15-13-23)22-6-8-24(30)9-7-22/h6-9,23,25-26,28,33H,4-5,10-18,32H2,1-3H3/b27-19+,29-21+,34-20+. The van der Waals surface area contributed by atoms with Gasteiger partial charge in [0.1, 0.15) is 5.83 Å². The van der Waals surface area contributed by atoms with Gasteiger partial charge in [0.25, 0.3) is 0 Å². The summed E-state index contributed by atoms with van der Waals surface area (Å²) in [6, 6.07) is 7.77. The number of nitrogens with zero attached hydrogens (tertiary/aromatic N) is 2. The number of sulfonamides is 1. The van der Waals surface area contributed by atoms with Crippen molar-refractivity contribution in [2.75, 3.05) is 32.1 Å². The van der Waals surface area contributed by atoms with Crippen LogP contribution in [-0.2, 0) is 14.8 Å². The van der Waals surface area contributed by atoms with Gasteiger partial charge in [0.15, 0.2) is 0 Å². The topological polar surface area (TPSA) is 97.0 Å². The predicted octanol–water partition coefficient (Wildman–Crippen LogP) is 5.29. The molecular formula is C29H42ClFN4O3S. The summed E-state index contributed by atoms with van der Waals surface area (Å²) >= 11 is 6.15. The van der Waals surface area contributed by atoms with Gasteiger partial charge in [0.2, 0.25) is 10.0 Å². The van der Waals surface area contributed by atoms with Crippen LogP contribution >= 0.6 is 11.6 Å². The minimum atomic E-state index is -3.30. The lowest BCUT2D eigenvalue weighted by atomic mass is 9.79. The zero-order valence-electron chi connectivity index (χ0n) is 23.3. The number of hydrogen-bond donors (Lipinski definition) is 2. The minimum absolute atomic E-state index is 0.0453. The van der Waals surface area contributed by atoms with E-state index in [0.717, 1.165) is 24.8 Å². The molecule has 0 amide bonds. The molecule has 10 heteroatoms. The molecule has 216 valence electrons. The van der Waals surface area contributed by atoms with Gasteiger partial charge in [-0.05, 0) is 82.9 Å². The first-order chi connectivity index (χ1) is 18.6. The summed E-state index contributed by atoms with van der Waals surface area (Å²) in [4.78, 5) is 4.80. The lowest BCUT2D eigenvalue weighted by Gasteiger charge is -2.37. The Morgan fingerprint density at radius 2 is 1.90 bits per heavy atom. The molecule has 0 aromatic heterocycles. The average molecular weight is 581 g/mol. The molecule has 4 atom stereocenters. The molecule has 3 saturated heterocycles. The molecule has 3 aliphatic rings. The Balaban J connectivity index is 1.55. The van der Waals surface area contributed by atoms with Crippen LogP contribution in [0.25, 0.3) is 0 Å². The van der Waals surface area contributed by atoms with Gasteiger partial charge in [-0.15, -0.1) is 0 Å². The summed E-state index contributed by atoms with van der Waals surface area (Å²) in [7, 11) is -3.30. The van der Waals surface area contributed by atoms with E-state index in [0.29, 0.717) is 79.2 Å². The normalized spacial score (nSPS) is 28.2. The van der Waals surface area contributed by atoms with E-state index in [-0.39, 0.29) is 29.6 Å². The average Bonchev–Trinajstić information content (AvgIpc) is 3.02. The van der Waals surface area contributed by atoms with Gasteiger partial charge in [-0.2, -0.15) is 4.31 Å². The van der Waals surface area contributed by atoms with E-state index in [9.17, 15) is 12.8 Å². The van der Waals surface area contributed by atoms with E-state index in [4.69, 9.17) is 27.1 Å². The molecule has 4 unspecified atom stereocenters. The summed E-state index contributed by atoms with van der Waals surface area (Å²) in [6.45, 7) is 7.58. The van der Waals surface area contributed by atoms with Crippen LogP contribution in [0.2, 0.25) is 5.02 Å². The van der Waals surface area contributed by atoms with Crippen LogP contribution in [0.5, 0.6) is 0 Å². The first kappa shape index (κ1) is 30.2. The number of allylic oxidation sites excluding steroid dienone is 4. The van der Waals surface area contributed by atoms with Crippen LogP contribution in [0, 0.1) is 5.92 Å². The van der Waals surface area contributed by atoms with Gasteiger partial charge in [0.05, 0.1) is 11.4 Å². The number of ether oxygens (including phenoxy) is 1. The molecular weight excluding hydrogens is 539 g/mol. The second-order valence-corrected chi connectivity index (χ2v) is 13.5. The van der Waals surface area contributed by atoms with Gasteiger partial charge < -0.3 is 15.8 Å². The van der Waals surface area contributed by atoms with E-state index in [1.807, 2.05) is 31.2 Å². The van der Waals surface area contributed by atoms with Gasteiger partial charge >= 0.3 is 0 Å². The molecule has 7 nitrogen and oxygen atoms in total. The fourth-order valence-corrected chi connectivity index (χ4v) is 8.12. The molecule has 3 aliphatic heterocycles. The number of aliphatic imine (C=N–C) groups is 1. The zero-order chi connectivity index (χ0) is 28.2. The molecule has 0 spiro atoms. The largest absolute Gasteiger partial charge is 0.400 e. The van der Waals surface area contributed by atoms with Crippen LogP contribution in [-0.4, -0.2) is 62.6 Å². The lowest BCUT2D eigenvalue weighted by Crippen LogP contribution is -2.57. The summed E-state index contributed by atoms with van der Waals surface area (Å²) in [5, 5.41) is 4.15. The smallest absolute Gasteiger partial charge is 0.214 e. The third-order valence-electron chi connectivity index (χ3n) is 8.40. The number of benzene rings is 1. The summed E-state index contributed by atoms with van der Waals surface area (Å²) in [6.07, 6.45) is 4.25. The van der Waals surface area contributed by atoms with E-state index in [1.54, 1.807) is 11.2 Å². The van der Waals surface area contributed by atoms with Crippen molar-refractivity contribution in [2.24, 2.45) is 16.6 Å². The highest BCUT2D eigenvalue weighted by Crippen LogP contribution is 2.38. The molecule has 3 heterocycles. The Morgan fingerprint density at radius 1 is 1.21 bits per heavy atom. The number of rotatable bonds is 8. The van der Waals surface area contributed by atoms with Crippen molar-refractivity contribution in [3.05, 3.63) is 57.6 Å². The number of nitrogens with one attached hydrogen (secondary N) is 1. The Labute approximate surface area is 237 Å². The van der Waals surface area contributed by atoms with Crippen LogP contribution in [0.1, 0.15) is 70.8 Å². The van der Waals surface area contributed by atoms with Crippen molar-refractivity contribution in [2.45, 2.75) is 77.3 Å². The third kappa shape index (κ3) is 7.50. The summed E-state index contributed by atoms with van der Waals surface area (Å²) in [5.74, 6) is 0.136. The molecule has 0 saturated carbocycles. The van der Waals surface area contributed by atoms with Gasteiger partial charge in [-0.3, -0.25) is 4.99 Å². The molecule has 1 aromatic rings. The molecule has 1 aromatic carbocycles. The van der Waals surface area contributed by atoms with Crippen molar-refractivity contribution in [3.8, 4) is 0 Å². The van der Waals surface area contributed by atoms with Crippen molar-refractivity contribution in [1.29, 1.82) is 0 Å². The SMILES string of the molecule is CC(=N\C(C)=C(\N)C(c1ccc(Cl)cc1)C1CCOCC1)/C(CCC1CNC2CCCS(=O)(=O)N1C2)=C(\C)F. The van der Waals surface area contributed by atoms with Crippen molar-refractivity contribution < 1.29 is 17.5 Å². The Morgan fingerprint density at radius 3 is 2.56 bits per heavy atom. The first-order valence-electron chi connectivity index (χ1n) is 14.0. The second-order valence-electron chi connectivity index (χ2n) is 11.1. The number of halogens is 2. The number of nitrogens with two attached hydrogens (primary N) is 1. The molecule has 4 rings (SSSR count). The maximum absolute atomic E-state index is 14.8. The fourth-order valence-electron chi connectivity index (χ4n) is 6.19. The van der Waals surface area contributed by atoms with Gasteiger partial charge in [-0.1, -0.05) is 23.7 Å². The monoisotopic (exact) mass is 580 g/mol. The predicted molar refractivity (Wildman–Crippen MR) is 156 cm³/mol. The van der Waals surface area contributed by atoms with Crippen LogP contribution < -0.4 is 11.1 Å². The molecule has 0 radical (unpaired) electrons. The highest BCUT2D eigenvalue weighted by molar-refractivity contribution is 7.89. The second kappa shape index (κ2) is 13.3. The Kier molecular flexibility index (Phi) is 10.3. The van der Waals surface area contributed by atoms with Gasteiger partial charge in [0, 0.05) is 66.3 Å². The third-order valence-corrected chi connectivity index (χ3v) is 10.6. The maximum Gasteiger partial charge on any atom is 0.214 e. The minimum Gasteiger partial charge on any atom is -0.400 e. The summed E-state index contributed by atoms with van der Waals surface area (Å²) in [5.41, 5.74) is 10.3. The first-order valence-corrected chi connectivity index (χ1v) is 16.0. The van der Waals surface area contributed by atoms with E-state index < -0.39 is 10.0 Å². The van der Waals surface area contributed by atoms with Crippen molar-refractivity contribution >= 4 is 27.3 Å². The lowest BCUT2D eigenvalue weighted by molar-refractivity contribution is 0.0610. The number of hydrogen-bond acceptors (Lipinski definition) is 6. The Hall–Kier alpha value is -1.78. The number of piperazine rings is 1. The van der Waals surface area contributed by atoms with Crippen molar-refractivity contribution in [3.63, 3.8) is 0 Å². The highest BCUT2D eigenvalue weighted by atomic mass is 35.5. The maximum atomic E-state index is 14.8. The highest BCUT2D eigenvalue weighted by Gasteiger charge is 2.38. The molecule has 0 aliphatic carbocycles. The Bertz CT molecular complexity index is 1210. The number of fused-ring (bicyclic) bond motifs is 2. The van der Waals surface area contributed by atoms with Crippen molar-refractivity contribution in [1.82, 2.24) is 9.62 Å². The van der Waals surface area contributed by atoms with Gasteiger partial charge in [-0.25, -0.2) is 12.8 Å². The molecule has 3 N–H and O–H groups in total. The fraction of sp³-hybridized carbons (Fsp3) is 0.621. The van der Waals surface area contributed by atoms with Crippen LogP contribution in [0.3, 0.4) is 0 Å². The quantitative estimate of drug-likeness (QED) is 0.407. The van der Waals surface area contributed by atoms with E-state index in [1.165, 1.54) is 6.92 Å².